The Hall–Kier alpha value is -1.57. The van der Waals surface area contributed by atoms with Gasteiger partial charge >= 0.3 is 17.1 Å². The van der Waals surface area contributed by atoms with E-state index in [1.54, 1.807) is 0 Å². The van der Waals surface area contributed by atoms with Crippen LogP contribution in [0.3, 0.4) is 0 Å². The van der Waals surface area contributed by atoms with Gasteiger partial charge in [-0.1, -0.05) is 0 Å². The van der Waals surface area contributed by atoms with Gasteiger partial charge in [-0.15, -0.1) is 0 Å². The minimum Gasteiger partial charge on any atom is -0.415 e. The van der Waals surface area contributed by atoms with Gasteiger partial charge in [-0.3, -0.25) is 0 Å². The summed E-state index contributed by atoms with van der Waals surface area (Å²) in [5.74, 6) is 0. The summed E-state index contributed by atoms with van der Waals surface area (Å²) >= 11 is 0. The topological polar surface area (TPSA) is 148 Å². The van der Waals surface area contributed by atoms with Crippen LogP contribution in [0.4, 0.5) is 0 Å². The third-order valence-electron chi connectivity index (χ3n) is 5.45. The number of aromatic nitrogens is 3. The van der Waals surface area contributed by atoms with Crippen LogP contribution in [0, 0.1) is 0 Å². The molecule has 1 saturated heterocycles. The molecular formula is C21H39N3O8Si. The van der Waals surface area contributed by atoms with Gasteiger partial charge in [0, 0.05) is 19.6 Å². The van der Waals surface area contributed by atoms with Crippen molar-refractivity contribution in [3.63, 3.8) is 0 Å². The molecule has 0 radical (unpaired) electrons. The largest absolute Gasteiger partial charge is 0.415 e. The number of epoxide rings is 1. The Morgan fingerprint density at radius 2 is 1.36 bits per heavy atom. The highest BCUT2D eigenvalue weighted by Crippen LogP contribution is 2.15. The lowest BCUT2D eigenvalue weighted by Gasteiger charge is -2.20. The van der Waals surface area contributed by atoms with Crippen molar-refractivity contribution in [1.29, 1.82) is 0 Å². The summed E-state index contributed by atoms with van der Waals surface area (Å²) in [4.78, 5) is 38.8. The Morgan fingerprint density at radius 1 is 0.909 bits per heavy atom. The normalized spacial score (nSPS) is 17.8. The highest BCUT2D eigenvalue weighted by molar-refractivity contribution is 6.69. The lowest BCUT2D eigenvalue weighted by atomic mass is 10.2. The first kappa shape index (κ1) is 27.7. The van der Waals surface area contributed by atoms with E-state index in [2.05, 4.69) is 0 Å². The van der Waals surface area contributed by atoms with Gasteiger partial charge in [0.1, 0.15) is 0 Å². The molecule has 2 heterocycles. The Kier molecular flexibility index (Phi) is 10.7. The number of rotatable bonds is 16. The van der Waals surface area contributed by atoms with Gasteiger partial charge in [0.2, 0.25) is 0 Å². The molecule has 1 aromatic heterocycles. The predicted molar refractivity (Wildman–Crippen MR) is 125 cm³/mol. The fourth-order valence-corrected chi connectivity index (χ4v) is 4.15. The quantitative estimate of drug-likeness (QED) is 0.207. The maximum atomic E-state index is 12.9. The summed E-state index contributed by atoms with van der Waals surface area (Å²) < 4.78 is 14.0. The zero-order valence-corrected chi connectivity index (χ0v) is 20.9. The summed E-state index contributed by atoms with van der Waals surface area (Å²) in [7, 11) is -1.75. The minimum atomic E-state index is -1.75. The van der Waals surface area contributed by atoms with Crippen molar-refractivity contribution in [2.45, 2.75) is 96.1 Å². The first-order valence-corrected chi connectivity index (χ1v) is 15.1. The number of hydrogen-bond donors (Lipinski definition) is 3. The molecule has 1 aliphatic rings. The summed E-state index contributed by atoms with van der Waals surface area (Å²) in [6.45, 7) is 6.88. The van der Waals surface area contributed by atoms with E-state index >= 15 is 0 Å². The molecule has 1 aliphatic heterocycles. The molecule has 3 atom stereocenters. The summed E-state index contributed by atoms with van der Waals surface area (Å²) in [6, 6.07) is 0. The van der Waals surface area contributed by atoms with Crippen LogP contribution in [0.2, 0.25) is 19.6 Å². The molecule has 3 unspecified atom stereocenters. The summed E-state index contributed by atoms with van der Waals surface area (Å²) in [5, 5.41) is 28.7. The van der Waals surface area contributed by atoms with Crippen molar-refractivity contribution in [2.75, 3.05) is 19.8 Å². The molecule has 12 heteroatoms. The lowest BCUT2D eigenvalue weighted by molar-refractivity contribution is 0.0853. The van der Waals surface area contributed by atoms with E-state index in [0.717, 1.165) is 20.1 Å². The standard InChI is InChI=1S/C21H39N3O8Si/c1-33(2,3)32-14-17(27)8-5-11-23-19(28)22(10-4-7-16(26)13-25)20(29)24(21(23)30)12-6-9-18-15-31-18/h16-18,25-27H,4-15H2,1-3H3. The monoisotopic (exact) mass is 489 g/mol. The van der Waals surface area contributed by atoms with E-state index in [1.807, 2.05) is 19.6 Å². The molecule has 0 bridgehead atoms. The van der Waals surface area contributed by atoms with Crippen molar-refractivity contribution < 1.29 is 24.5 Å². The van der Waals surface area contributed by atoms with Crippen LogP contribution < -0.4 is 17.1 Å². The third kappa shape index (κ3) is 9.30. The van der Waals surface area contributed by atoms with E-state index < -0.39 is 44.2 Å². The van der Waals surface area contributed by atoms with Crippen molar-refractivity contribution >= 4 is 8.32 Å². The number of aliphatic hydroxyl groups excluding tert-OH is 3. The molecular weight excluding hydrogens is 450 g/mol. The van der Waals surface area contributed by atoms with Crippen molar-refractivity contribution in [3.05, 3.63) is 31.5 Å². The van der Waals surface area contributed by atoms with Crippen LogP contribution in [0.1, 0.15) is 38.5 Å². The van der Waals surface area contributed by atoms with Crippen molar-refractivity contribution in [2.24, 2.45) is 0 Å². The molecule has 11 nitrogen and oxygen atoms in total. The Morgan fingerprint density at radius 3 is 1.79 bits per heavy atom. The zero-order valence-electron chi connectivity index (χ0n) is 19.9. The van der Waals surface area contributed by atoms with Crippen LogP contribution >= 0.6 is 0 Å². The summed E-state index contributed by atoms with van der Waals surface area (Å²) in [5.41, 5.74) is -2.01. The van der Waals surface area contributed by atoms with Crippen LogP contribution in [0.5, 0.6) is 0 Å². The zero-order chi connectivity index (χ0) is 24.6. The van der Waals surface area contributed by atoms with Gasteiger partial charge in [0.05, 0.1) is 38.1 Å². The maximum absolute atomic E-state index is 12.9. The van der Waals surface area contributed by atoms with E-state index in [1.165, 1.54) is 0 Å². The molecule has 0 amide bonds. The number of ether oxygens (including phenoxy) is 1. The smallest absolute Gasteiger partial charge is 0.336 e. The highest BCUT2D eigenvalue weighted by atomic mass is 28.4. The van der Waals surface area contributed by atoms with E-state index in [4.69, 9.17) is 14.3 Å². The molecule has 0 aliphatic carbocycles. The van der Waals surface area contributed by atoms with Crippen LogP contribution in [0.25, 0.3) is 0 Å². The lowest BCUT2D eigenvalue weighted by Crippen LogP contribution is -2.54. The number of hydrogen-bond acceptors (Lipinski definition) is 8. The van der Waals surface area contributed by atoms with Gasteiger partial charge in [-0.05, 0) is 58.2 Å². The average molecular weight is 490 g/mol. The fraction of sp³-hybridized carbons (Fsp3) is 0.857. The third-order valence-corrected chi connectivity index (χ3v) is 6.49. The molecule has 3 N–H and O–H groups in total. The molecule has 0 saturated carbocycles. The Labute approximate surface area is 194 Å². The molecule has 33 heavy (non-hydrogen) atoms. The molecule has 1 aromatic rings. The van der Waals surface area contributed by atoms with Crippen molar-refractivity contribution in [3.8, 4) is 0 Å². The van der Waals surface area contributed by atoms with Gasteiger partial charge < -0.3 is 24.5 Å². The number of aliphatic hydroxyl groups is 3. The fourth-order valence-electron chi connectivity index (χ4n) is 3.46. The van der Waals surface area contributed by atoms with Gasteiger partial charge in [-0.25, -0.2) is 28.1 Å². The van der Waals surface area contributed by atoms with E-state index in [9.17, 15) is 24.6 Å². The predicted octanol–water partition coefficient (Wildman–Crippen LogP) is -0.523. The Balaban J connectivity index is 2.14. The van der Waals surface area contributed by atoms with Gasteiger partial charge in [0.15, 0.2) is 8.32 Å². The van der Waals surface area contributed by atoms with Gasteiger partial charge in [0.25, 0.3) is 0 Å². The average Bonchev–Trinajstić information content (AvgIpc) is 3.57. The first-order chi connectivity index (χ1) is 15.5. The maximum Gasteiger partial charge on any atom is 0.336 e. The number of nitrogens with zero attached hydrogens (tertiary/aromatic N) is 3. The first-order valence-electron chi connectivity index (χ1n) is 11.7. The Bertz CT molecular complexity index is 916. The SMILES string of the molecule is C[Si](C)(C)OCC(O)CCCn1c(=O)n(CCCC(O)CO)c(=O)n(CCCC2CO2)c1=O. The van der Waals surface area contributed by atoms with Crippen LogP contribution in [0.15, 0.2) is 14.4 Å². The summed E-state index contributed by atoms with van der Waals surface area (Å²) in [6.07, 6.45) is 1.13. The second kappa shape index (κ2) is 12.8. The van der Waals surface area contributed by atoms with E-state index in [-0.39, 0.29) is 38.8 Å². The second-order valence-electron chi connectivity index (χ2n) is 9.60. The molecule has 190 valence electrons. The molecule has 0 aromatic carbocycles. The van der Waals surface area contributed by atoms with E-state index in [0.29, 0.717) is 32.3 Å². The minimum absolute atomic E-state index is 0.0351. The molecule has 2 rings (SSSR count). The van der Waals surface area contributed by atoms with Gasteiger partial charge in [-0.2, -0.15) is 0 Å². The molecule has 1 fully saturated rings. The van der Waals surface area contributed by atoms with Crippen molar-refractivity contribution in [1.82, 2.24) is 13.7 Å². The highest BCUT2D eigenvalue weighted by Gasteiger charge is 2.22. The molecule has 0 spiro atoms. The van der Waals surface area contributed by atoms with Crippen LogP contribution in [-0.2, 0) is 28.8 Å². The van der Waals surface area contributed by atoms with Crippen LogP contribution in [-0.4, -0.2) is 75.5 Å². The second-order valence-corrected chi connectivity index (χ2v) is 14.1.